The topological polar surface area (TPSA) is 45.2 Å². The average molecular weight is 341 g/mol. The number of fused-ring (bicyclic) bond motifs is 2. The van der Waals surface area contributed by atoms with E-state index in [-0.39, 0.29) is 5.82 Å². The van der Waals surface area contributed by atoms with Gasteiger partial charge in [-0.1, -0.05) is 11.3 Å². The molecule has 5 rings (SSSR count). The molecule has 2 aliphatic heterocycles. The average Bonchev–Trinajstić information content (AvgIpc) is 3.27. The highest BCUT2D eigenvalue weighted by molar-refractivity contribution is 7.22. The van der Waals surface area contributed by atoms with E-state index in [1.807, 2.05) is 18.5 Å². The Balaban J connectivity index is 1.34. The predicted molar refractivity (Wildman–Crippen MR) is 93.0 cm³/mol. The Kier molecular flexibility index (Phi) is 3.16. The van der Waals surface area contributed by atoms with Crippen molar-refractivity contribution in [3.63, 3.8) is 0 Å². The Hall–Kier alpha value is -2.28. The number of thiazole rings is 1. The normalized spacial score (nSPS) is 23.2. The van der Waals surface area contributed by atoms with Crippen LogP contribution in [0.3, 0.4) is 0 Å². The summed E-state index contributed by atoms with van der Waals surface area (Å²) in [4.78, 5) is 17.5. The number of rotatable bonds is 2. The zero-order chi connectivity index (χ0) is 16.1. The molecule has 2 aliphatic rings. The van der Waals surface area contributed by atoms with Crippen LogP contribution in [0.1, 0.15) is 0 Å². The fourth-order valence-electron chi connectivity index (χ4n) is 3.84. The zero-order valence-electron chi connectivity index (χ0n) is 13.0. The van der Waals surface area contributed by atoms with Gasteiger partial charge in [0.2, 0.25) is 0 Å². The lowest BCUT2D eigenvalue weighted by atomic mass is 10.0. The molecule has 0 spiro atoms. The molecule has 0 bridgehead atoms. The number of aromatic nitrogens is 3. The SMILES string of the molecule is Fc1cccnc1N1CC2CN(c3nc4cnccc4s3)CC2C1. The first-order valence-electron chi connectivity index (χ1n) is 8.09. The van der Waals surface area contributed by atoms with Crippen LogP contribution in [-0.4, -0.2) is 41.1 Å². The molecule has 2 saturated heterocycles. The van der Waals surface area contributed by atoms with Crippen molar-refractivity contribution in [2.75, 3.05) is 36.0 Å². The summed E-state index contributed by atoms with van der Waals surface area (Å²) in [6.07, 6.45) is 5.29. The largest absolute Gasteiger partial charge is 0.353 e. The first-order valence-corrected chi connectivity index (χ1v) is 8.90. The van der Waals surface area contributed by atoms with Gasteiger partial charge in [0.25, 0.3) is 0 Å². The van der Waals surface area contributed by atoms with Gasteiger partial charge in [0, 0.05) is 50.4 Å². The van der Waals surface area contributed by atoms with Crippen LogP contribution in [0.2, 0.25) is 0 Å². The summed E-state index contributed by atoms with van der Waals surface area (Å²) in [5.74, 6) is 1.34. The van der Waals surface area contributed by atoms with E-state index in [0.29, 0.717) is 17.7 Å². The Morgan fingerprint density at radius 3 is 2.58 bits per heavy atom. The minimum Gasteiger partial charge on any atom is -0.353 e. The van der Waals surface area contributed by atoms with Gasteiger partial charge in [0.15, 0.2) is 16.8 Å². The first kappa shape index (κ1) is 14.1. The van der Waals surface area contributed by atoms with Crippen molar-refractivity contribution in [2.24, 2.45) is 11.8 Å². The maximum Gasteiger partial charge on any atom is 0.186 e. The van der Waals surface area contributed by atoms with Crippen LogP contribution < -0.4 is 9.80 Å². The van der Waals surface area contributed by atoms with E-state index in [4.69, 9.17) is 4.98 Å². The molecule has 2 unspecified atom stereocenters. The van der Waals surface area contributed by atoms with Crippen LogP contribution in [0.25, 0.3) is 10.2 Å². The van der Waals surface area contributed by atoms with Gasteiger partial charge in [-0.2, -0.15) is 0 Å². The fraction of sp³-hybridized carbons (Fsp3) is 0.353. The molecule has 122 valence electrons. The molecule has 0 N–H and O–H groups in total. The van der Waals surface area contributed by atoms with Crippen LogP contribution in [0.5, 0.6) is 0 Å². The molecule has 0 saturated carbocycles. The first-order chi connectivity index (χ1) is 11.8. The second-order valence-electron chi connectivity index (χ2n) is 6.48. The molecule has 3 aromatic rings. The van der Waals surface area contributed by atoms with Crippen LogP contribution in [0.4, 0.5) is 15.3 Å². The Bertz CT molecular complexity index is 850. The van der Waals surface area contributed by atoms with E-state index in [1.54, 1.807) is 23.6 Å². The summed E-state index contributed by atoms with van der Waals surface area (Å²) in [7, 11) is 0. The molecule has 24 heavy (non-hydrogen) atoms. The van der Waals surface area contributed by atoms with Crippen molar-refractivity contribution in [1.29, 1.82) is 0 Å². The van der Waals surface area contributed by atoms with Crippen LogP contribution in [0.15, 0.2) is 36.8 Å². The fourth-order valence-corrected chi connectivity index (χ4v) is 4.79. The number of hydrogen-bond donors (Lipinski definition) is 0. The van der Waals surface area contributed by atoms with Gasteiger partial charge >= 0.3 is 0 Å². The van der Waals surface area contributed by atoms with Crippen molar-refractivity contribution >= 4 is 32.5 Å². The van der Waals surface area contributed by atoms with Gasteiger partial charge in [-0.05, 0) is 18.2 Å². The minimum absolute atomic E-state index is 0.229. The number of pyridine rings is 2. The molecule has 3 aromatic heterocycles. The molecule has 0 aliphatic carbocycles. The molecule has 0 radical (unpaired) electrons. The van der Waals surface area contributed by atoms with E-state index in [9.17, 15) is 4.39 Å². The Morgan fingerprint density at radius 2 is 1.83 bits per heavy atom. The van der Waals surface area contributed by atoms with Gasteiger partial charge in [-0.15, -0.1) is 0 Å². The van der Waals surface area contributed by atoms with E-state index in [1.165, 1.54) is 10.8 Å². The second kappa shape index (κ2) is 5.37. The molecular weight excluding hydrogens is 325 g/mol. The van der Waals surface area contributed by atoms with E-state index < -0.39 is 0 Å². The van der Waals surface area contributed by atoms with Crippen molar-refractivity contribution in [2.45, 2.75) is 0 Å². The molecule has 5 heterocycles. The van der Waals surface area contributed by atoms with Gasteiger partial charge in [-0.3, -0.25) is 4.98 Å². The monoisotopic (exact) mass is 341 g/mol. The van der Waals surface area contributed by atoms with E-state index in [2.05, 4.69) is 19.8 Å². The summed E-state index contributed by atoms with van der Waals surface area (Å²) < 4.78 is 15.1. The van der Waals surface area contributed by atoms with Crippen molar-refractivity contribution in [1.82, 2.24) is 15.0 Å². The smallest absolute Gasteiger partial charge is 0.186 e. The van der Waals surface area contributed by atoms with Crippen LogP contribution >= 0.6 is 11.3 Å². The molecule has 0 amide bonds. The molecule has 7 heteroatoms. The Labute approximate surface area is 142 Å². The number of anilines is 2. The summed E-state index contributed by atoms with van der Waals surface area (Å²) in [5, 5.41) is 1.07. The Morgan fingerprint density at radius 1 is 1.04 bits per heavy atom. The molecule has 0 aromatic carbocycles. The lowest BCUT2D eigenvalue weighted by molar-refractivity contribution is 0.533. The third-order valence-corrected chi connectivity index (χ3v) is 6.07. The number of nitrogens with zero attached hydrogens (tertiary/aromatic N) is 5. The highest BCUT2D eigenvalue weighted by Crippen LogP contribution is 2.38. The van der Waals surface area contributed by atoms with Crippen molar-refractivity contribution < 1.29 is 4.39 Å². The van der Waals surface area contributed by atoms with Crippen LogP contribution in [0, 0.1) is 17.7 Å². The third kappa shape index (κ3) is 2.23. The summed E-state index contributed by atoms with van der Waals surface area (Å²) in [5.41, 5.74) is 0.965. The summed E-state index contributed by atoms with van der Waals surface area (Å²) >= 11 is 1.72. The van der Waals surface area contributed by atoms with Gasteiger partial charge in [-0.25, -0.2) is 14.4 Å². The minimum atomic E-state index is -0.229. The van der Waals surface area contributed by atoms with Gasteiger partial charge < -0.3 is 9.80 Å². The highest BCUT2D eigenvalue weighted by Gasteiger charge is 2.41. The van der Waals surface area contributed by atoms with Gasteiger partial charge in [0.05, 0.1) is 10.9 Å². The predicted octanol–water partition coefficient (Wildman–Crippen LogP) is 2.80. The number of halogens is 1. The maximum atomic E-state index is 13.9. The molecular formula is C17H16FN5S. The molecule has 2 atom stereocenters. The second-order valence-corrected chi connectivity index (χ2v) is 7.49. The quantitative estimate of drug-likeness (QED) is 0.717. The summed E-state index contributed by atoms with van der Waals surface area (Å²) in [6, 6.07) is 5.14. The third-order valence-electron chi connectivity index (χ3n) is 4.97. The van der Waals surface area contributed by atoms with Crippen LogP contribution in [-0.2, 0) is 0 Å². The highest BCUT2D eigenvalue weighted by atomic mass is 32.1. The maximum absolute atomic E-state index is 13.9. The van der Waals surface area contributed by atoms with Gasteiger partial charge in [0.1, 0.15) is 5.52 Å². The van der Waals surface area contributed by atoms with E-state index >= 15 is 0 Å². The number of hydrogen-bond acceptors (Lipinski definition) is 6. The lowest BCUT2D eigenvalue weighted by Gasteiger charge is -2.22. The standard InChI is InChI=1S/C17H16FN5S/c18-13-2-1-4-20-16(13)22-7-11-9-23(10-12(11)8-22)17-21-14-6-19-5-3-15(14)24-17/h1-6,11-12H,7-10H2. The summed E-state index contributed by atoms with van der Waals surface area (Å²) in [6.45, 7) is 3.68. The van der Waals surface area contributed by atoms with E-state index in [0.717, 1.165) is 36.8 Å². The van der Waals surface area contributed by atoms with Crippen molar-refractivity contribution in [3.05, 3.63) is 42.6 Å². The molecule has 2 fully saturated rings. The zero-order valence-corrected chi connectivity index (χ0v) is 13.8. The molecule has 5 nitrogen and oxygen atoms in total. The lowest BCUT2D eigenvalue weighted by Crippen LogP contribution is -2.29. The van der Waals surface area contributed by atoms with Crippen molar-refractivity contribution in [3.8, 4) is 0 Å².